The van der Waals surface area contributed by atoms with Gasteiger partial charge >= 0.3 is 0 Å². The Hall–Kier alpha value is -2.11. The molecule has 2 heterocycles. The SMILES string of the molecule is COc1cc(C(C)=O)cc(OC)c1O[C@@H]1O[C@H](CO)[C@@H](O[C@H]2O[C@H](CO)[C@@H](O)[C@H](O)[C@H]2O)[C@H](O)[C@H]1O. The summed E-state index contributed by atoms with van der Waals surface area (Å²) in [5.41, 5.74) is 0.266. The van der Waals surface area contributed by atoms with Crippen molar-refractivity contribution < 1.29 is 69.0 Å². The Morgan fingerprint density at radius 2 is 1.33 bits per heavy atom. The highest BCUT2D eigenvalue weighted by Gasteiger charge is 2.51. The lowest BCUT2D eigenvalue weighted by Crippen LogP contribution is -2.65. The minimum absolute atomic E-state index is 0.0498. The van der Waals surface area contributed by atoms with E-state index in [1.54, 1.807) is 0 Å². The Morgan fingerprint density at radius 3 is 1.83 bits per heavy atom. The lowest BCUT2D eigenvalue weighted by molar-refractivity contribution is -0.352. The van der Waals surface area contributed by atoms with Gasteiger partial charge in [-0.05, 0) is 19.1 Å². The Kier molecular flexibility index (Phi) is 9.45. The summed E-state index contributed by atoms with van der Waals surface area (Å²) >= 11 is 0. The molecule has 0 aliphatic carbocycles. The zero-order valence-corrected chi connectivity index (χ0v) is 19.8. The molecule has 7 N–H and O–H groups in total. The molecule has 0 saturated carbocycles. The van der Waals surface area contributed by atoms with Gasteiger partial charge in [0.25, 0.3) is 0 Å². The van der Waals surface area contributed by atoms with Crippen LogP contribution in [-0.4, -0.2) is 130 Å². The van der Waals surface area contributed by atoms with Gasteiger partial charge in [0, 0.05) is 5.56 Å². The maximum atomic E-state index is 11.8. The minimum atomic E-state index is -1.78. The number of benzene rings is 1. The highest BCUT2D eigenvalue weighted by Crippen LogP contribution is 2.41. The van der Waals surface area contributed by atoms with Crippen LogP contribution in [0.4, 0.5) is 0 Å². The van der Waals surface area contributed by atoms with E-state index in [1.165, 1.54) is 33.3 Å². The molecule has 0 aromatic heterocycles. The normalized spacial score (nSPS) is 36.8. The number of aliphatic hydroxyl groups excluding tert-OH is 7. The molecule has 14 heteroatoms. The Balaban J connectivity index is 1.82. The van der Waals surface area contributed by atoms with Crippen molar-refractivity contribution in [2.45, 2.75) is 68.3 Å². The smallest absolute Gasteiger partial charge is 0.229 e. The van der Waals surface area contributed by atoms with Gasteiger partial charge in [0.2, 0.25) is 12.0 Å². The van der Waals surface area contributed by atoms with Gasteiger partial charge in [-0.15, -0.1) is 0 Å². The molecule has 0 amide bonds. The minimum Gasteiger partial charge on any atom is -0.493 e. The first kappa shape index (κ1) is 28.5. The average Bonchev–Trinajstić information content (AvgIpc) is 2.87. The summed E-state index contributed by atoms with van der Waals surface area (Å²) in [6.07, 6.45) is -16.0. The molecule has 0 unspecified atom stereocenters. The molecule has 204 valence electrons. The number of methoxy groups -OCH3 is 2. The second kappa shape index (κ2) is 12.0. The molecule has 0 radical (unpaired) electrons. The van der Waals surface area contributed by atoms with Crippen LogP contribution in [0, 0.1) is 0 Å². The topological polar surface area (TPSA) is 214 Å². The highest BCUT2D eigenvalue weighted by atomic mass is 16.7. The summed E-state index contributed by atoms with van der Waals surface area (Å²) in [5, 5.41) is 70.8. The van der Waals surface area contributed by atoms with Gasteiger partial charge in [-0.25, -0.2) is 0 Å². The number of ether oxygens (including phenoxy) is 6. The van der Waals surface area contributed by atoms with E-state index in [0.717, 1.165) is 0 Å². The molecule has 0 bridgehead atoms. The van der Waals surface area contributed by atoms with Crippen LogP contribution >= 0.6 is 0 Å². The molecule has 2 aliphatic heterocycles. The number of ketones is 1. The van der Waals surface area contributed by atoms with E-state index in [9.17, 15) is 40.5 Å². The molecule has 3 rings (SSSR count). The van der Waals surface area contributed by atoms with Gasteiger partial charge in [0.15, 0.2) is 23.6 Å². The Labute approximate surface area is 206 Å². The first-order valence-electron chi connectivity index (χ1n) is 11.1. The monoisotopic (exact) mass is 520 g/mol. The van der Waals surface area contributed by atoms with Gasteiger partial charge in [0.1, 0.15) is 48.8 Å². The van der Waals surface area contributed by atoms with Crippen molar-refractivity contribution in [1.82, 2.24) is 0 Å². The van der Waals surface area contributed by atoms with E-state index in [0.29, 0.717) is 0 Å². The number of carbonyl (C=O) groups is 1. The summed E-state index contributed by atoms with van der Waals surface area (Å²) < 4.78 is 32.7. The molecule has 14 nitrogen and oxygen atoms in total. The van der Waals surface area contributed by atoms with E-state index in [4.69, 9.17) is 28.4 Å². The van der Waals surface area contributed by atoms with Crippen LogP contribution in [-0.2, 0) is 14.2 Å². The predicted molar refractivity (Wildman–Crippen MR) is 117 cm³/mol. The molecule has 1 aromatic carbocycles. The third kappa shape index (κ3) is 5.57. The molecule has 1 aromatic rings. The standard InChI is InChI=1S/C22H32O14/c1-8(25)9-4-10(31-2)19(11(5-9)32-3)35-22-18(30)16(28)20(13(7-24)34-22)36-21-17(29)15(27)14(26)12(6-23)33-21/h4-5,12-18,20-24,26-30H,6-7H2,1-3H3/t12-,13-,14-,15+,16-,17-,18-,20-,21-,22+/m1/s1. The van der Waals surface area contributed by atoms with Crippen molar-refractivity contribution in [3.05, 3.63) is 17.7 Å². The van der Waals surface area contributed by atoms with Crippen LogP contribution in [0.1, 0.15) is 17.3 Å². The largest absolute Gasteiger partial charge is 0.493 e. The lowest BCUT2D eigenvalue weighted by atomic mass is 9.97. The molecule has 36 heavy (non-hydrogen) atoms. The van der Waals surface area contributed by atoms with Crippen molar-refractivity contribution in [3.8, 4) is 17.2 Å². The third-order valence-corrected chi connectivity index (χ3v) is 6.06. The second-order valence-electron chi connectivity index (χ2n) is 8.39. The van der Waals surface area contributed by atoms with E-state index < -0.39 is 74.6 Å². The summed E-state index contributed by atoms with van der Waals surface area (Å²) in [6, 6.07) is 2.78. The molecule has 10 atom stereocenters. The Morgan fingerprint density at radius 1 is 0.806 bits per heavy atom. The molecule has 2 saturated heterocycles. The van der Waals surface area contributed by atoms with Gasteiger partial charge in [-0.2, -0.15) is 0 Å². The van der Waals surface area contributed by atoms with Crippen molar-refractivity contribution in [1.29, 1.82) is 0 Å². The van der Waals surface area contributed by atoms with Crippen LogP contribution in [0.2, 0.25) is 0 Å². The van der Waals surface area contributed by atoms with Gasteiger partial charge < -0.3 is 64.2 Å². The summed E-state index contributed by atoms with van der Waals surface area (Å²) in [6.45, 7) is -0.0909. The first-order chi connectivity index (χ1) is 17.1. The van der Waals surface area contributed by atoms with E-state index >= 15 is 0 Å². The van der Waals surface area contributed by atoms with Crippen LogP contribution in [0.25, 0.3) is 0 Å². The Bertz CT molecular complexity index is 866. The summed E-state index contributed by atoms with van der Waals surface area (Å²) in [7, 11) is 2.64. The average molecular weight is 520 g/mol. The number of Topliss-reactive ketones (excluding diaryl/α,β-unsaturated/α-hetero) is 1. The van der Waals surface area contributed by atoms with Crippen LogP contribution in [0.15, 0.2) is 12.1 Å². The fourth-order valence-electron chi connectivity index (χ4n) is 3.97. The highest BCUT2D eigenvalue weighted by molar-refractivity contribution is 5.95. The van der Waals surface area contributed by atoms with Gasteiger partial charge in [0.05, 0.1) is 27.4 Å². The van der Waals surface area contributed by atoms with E-state index in [-0.39, 0.29) is 28.6 Å². The number of carbonyl (C=O) groups excluding carboxylic acids is 1. The first-order valence-corrected chi connectivity index (χ1v) is 11.1. The second-order valence-corrected chi connectivity index (χ2v) is 8.39. The van der Waals surface area contributed by atoms with Crippen molar-refractivity contribution in [3.63, 3.8) is 0 Å². The van der Waals surface area contributed by atoms with E-state index in [1.807, 2.05) is 0 Å². The van der Waals surface area contributed by atoms with Crippen molar-refractivity contribution >= 4 is 5.78 Å². The zero-order chi connectivity index (χ0) is 26.7. The molecule has 0 spiro atoms. The maximum absolute atomic E-state index is 11.8. The number of aliphatic hydroxyl groups is 7. The number of hydrogen-bond donors (Lipinski definition) is 7. The maximum Gasteiger partial charge on any atom is 0.229 e. The summed E-state index contributed by atoms with van der Waals surface area (Å²) in [4.78, 5) is 11.8. The number of rotatable bonds is 9. The quantitative estimate of drug-likeness (QED) is 0.161. The fourth-order valence-corrected chi connectivity index (χ4v) is 3.97. The summed E-state index contributed by atoms with van der Waals surface area (Å²) in [5.74, 6) is -0.169. The molecule has 2 aliphatic rings. The van der Waals surface area contributed by atoms with E-state index in [2.05, 4.69) is 0 Å². The fraction of sp³-hybridized carbons (Fsp3) is 0.682. The zero-order valence-electron chi connectivity index (χ0n) is 19.8. The van der Waals surface area contributed by atoms with Crippen molar-refractivity contribution in [2.75, 3.05) is 27.4 Å². The lowest BCUT2D eigenvalue weighted by Gasteiger charge is -2.45. The van der Waals surface area contributed by atoms with Gasteiger partial charge in [-0.1, -0.05) is 0 Å². The molecular weight excluding hydrogens is 488 g/mol. The number of hydrogen-bond acceptors (Lipinski definition) is 14. The van der Waals surface area contributed by atoms with Crippen LogP contribution in [0.5, 0.6) is 17.2 Å². The van der Waals surface area contributed by atoms with Gasteiger partial charge in [-0.3, -0.25) is 4.79 Å². The molecule has 2 fully saturated rings. The third-order valence-electron chi connectivity index (χ3n) is 6.06. The predicted octanol–water partition coefficient (Wildman–Crippen LogP) is -3.09. The van der Waals surface area contributed by atoms with Crippen LogP contribution < -0.4 is 14.2 Å². The molecular formula is C22H32O14. The van der Waals surface area contributed by atoms with Crippen molar-refractivity contribution in [2.24, 2.45) is 0 Å². The van der Waals surface area contributed by atoms with Crippen LogP contribution in [0.3, 0.4) is 0 Å².